The first-order valence-corrected chi connectivity index (χ1v) is 10.6. The lowest BCUT2D eigenvalue weighted by Gasteiger charge is -2.10. The van der Waals surface area contributed by atoms with Gasteiger partial charge in [-0.3, -0.25) is 4.79 Å². The summed E-state index contributed by atoms with van der Waals surface area (Å²) in [7, 11) is -0.629. The Balaban J connectivity index is 1.82. The van der Waals surface area contributed by atoms with Crippen LogP contribution in [0.3, 0.4) is 0 Å². The summed E-state index contributed by atoms with van der Waals surface area (Å²) in [6.07, 6.45) is 0. The van der Waals surface area contributed by atoms with E-state index in [2.05, 4.69) is 5.32 Å². The predicted molar refractivity (Wildman–Crippen MR) is 108 cm³/mol. The number of methoxy groups -OCH3 is 2. The van der Waals surface area contributed by atoms with Crippen molar-refractivity contribution in [1.29, 1.82) is 0 Å². The van der Waals surface area contributed by atoms with E-state index in [0.29, 0.717) is 22.1 Å². The molecule has 1 aromatic heterocycles. The van der Waals surface area contributed by atoms with Crippen LogP contribution in [-0.2, 0) is 9.84 Å². The zero-order valence-corrected chi connectivity index (χ0v) is 17.2. The number of rotatable bonds is 6. The standard InChI is InChI=1S/C20H19NO5S2/c1-13-4-7-15(8-5-13)28(23,24)19-11-10-18(27-19)20(22)21-14-6-9-16(25-2)17(12-14)26-3/h4-12H,1-3H3,(H,21,22). The van der Waals surface area contributed by atoms with Crippen molar-refractivity contribution in [3.8, 4) is 11.5 Å². The molecular formula is C20H19NO5S2. The molecule has 0 saturated carbocycles. The molecule has 1 heterocycles. The molecule has 0 radical (unpaired) electrons. The van der Waals surface area contributed by atoms with Crippen molar-refractivity contribution < 1.29 is 22.7 Å². The van der Waals surface area contributed by atoms with E-state index in [-0.39, 0.29) is 9.10 Å². The monoisotopic (exact) mass is 417 g/mol. The highest BCUT2D eigenvalue weighted by Crippen LogP contribution is 2.31. The normalized spacial score (nSPS) is 11.1. The number of nitrogens with one attached hydrogen (secondary N) is 1. The number of hydrogen-bond acceptors (Lipinski definition) is 6. The summed E-state index contributed by atoms with van der Waals surface area (Å²) in [5.41, 5.74) is 1.49. The lowest BCUT2D eigenvalue weighted by Crippen LogP contribution is -2.10. The highest BCUT2D eigenvalue weighted by atomic mass is 32.2. The summed E-state index contributed by atoms with van der Waals surface area (Å²) in [5.74, 6) is 0.625. The third-order valence-electron chi connectivity index (χ3n) is 4.04. The first kappa shape index (κ1) is 19.9. The first-order chi connectivity index (χ1) is 13.3. The second-order valence-electron chi connectivity index (χ2n) is 5.96. The van der Waals surface area contributed by atoms with Crippen LogP contribution in [0.1, 0.15) is 15.2 Å². The minimum atomic E-state index is -3.66. The van der Waals surface area contributed by atoms with E-state index in [9.17, 15) is 13.2 Å². The number of ether oxygens (including phenoxy) is 2. The minimum Gasteiger partial charge on any atom is -0.493 e. The van der Waals surface area contributed by atoms with E-state index in [1.54, 1.807) is 42.5 Å². The van der Waals surface area contributed by atoms with Crippen molar-refractivity contribution in [1.82, 2.24) is 0 Å². The maximum Gasteiger partial charge on any atom is 0.265 e. The van der Waals surface area contributed by atoms with Crippen molar-refractivity contribution in [2.24, 2.45) is 0 Å². The maximum atomic E-state index is 12.7. The number of thiophene rings is 1. The van der Waals surface area contributed by atoms with Gasteiger partial charge in [0.1, 0.15) is 4.21 Å². The predicted octanol–water partition coefficient (Wildman–Crippen LogP) is 4.16. The van der Waals surface area contributed by atoms with Gasteiger partial charge in [0.25, 0.3) is 5.91 Å². The number of benzene rings is 2. The smallest absolute Gasteiger partial charge is 0.265 e. The van der Waals surface area contributed by atoms with E-state index in [4.69, 9.17) is 9.47 Å². The maximum absolute atomic E-state index is 12.7. The largest absolute Gasteiger partial charge is 0.493 e. The van der Waals surface area contributed by atoms with Gasteiger partial charge in [0.2, 0.25) is 9.84 Å². The Morgan fingerprint density at radius 3 is 2.25 bits per heavy atom. The molecule has 8 heteroatoms. The molecule has 0 bridgehead atoms. The molecule has 28 heavy (non-hydrogen) atoms. The van der Waals surface area contributed by atoms with Crippen LogP contribution in [0.2, 0.25) is 0 Å². The summed E-state index contributed by atoms with van der Waals surface area (Å²) in [6, 6.07) is 14.5. The Hall–Kier alpha value is -2.84. The molecule has 6 nitrogen and oxygen atoms in total. The van der Waals surface area contributed by atoms with Crippen molar-refractivity contribution in [2.75, 3.05) is 19.5 Å². The van der Waals surface area contributed by atoms with Crippen LogP contribution < -0.4 is 14.8 Å². The molecule has 146 valence electrons. The third kappa shape index (κ3) is 4.02. The zero-order valence-electron chi connectivity index (χ0n) is 15.6. The summed E-state index contributed by atoms with van der Waals surface area (Å²) in [6.45, 7) is 1.89. The summed E-state index contributed by atoms with van der Waals surface area (Å²) in [5, 5.41) is 2.74. The van der Waals surface area contributed by atoms with Crippen LogP contribution in [-0.4, -0.2) is 28.5 Å². The van der Waals surface area contributed by atoms with Gasteiger partial charge in [0.05, 0.1) is 24.0 Å². The van der Waals surface area contributed by atoms with Crippen molar-refractivity contribution in [3.63, 3.8) is 0 Å². The van der Waals surface area contributed by atoms with Crippen LogP contribution in [0.5, 0.6) is 11.5 Å². The van der Waals surface area contributed by atoms with E-state index in [0.717, 1.165) is 16.9 Å². The van der Waals surface area contributed by atoms with E-state index in [1.165, 1.54) is 26.4 Å². The Morgan fingerprint density at radius 2 is 1.61 bits per heavy atom. The molecule has 0 fully saturated rings. The molecule has 2 aromatic carbocycles. The van der Waals surface area contributed by atoms with Crippen molar-refractivity contribution in [3.05, 3.63) is 65.0 Å². The molecule has 0 aliphatic heterocycles. The number of sulfone groups is 1. The van der Waals surface area contributed by atoms with Gasteiger partial charge in [-0.1, -0.05) is 17.7 Å². The van der Waals surface area contributed by atoms with Gasteiger partial charge in [0.15, 0.2) is 11.5 Å². The van der Waals surface area contributed by atoms with Crippen molar-refractivity contribution >= 4 is 32.8 Å². The second-order valence-corrected chi connectivity index (χ2v) is 9.22. The zero-order chi connectivity index (χ0) is 20.3. The quantitative estimate of drug-likeness (QED) is 0.651. The highest BCUT2D eigenvalue weighted by Gasteiger charge is 2.22. The number of carbonyl (C=O) groups is 1. The van der Waals surface area contributed by atoms with Gasteiger partial charge in [0, 0.05) is 11.8 Å². The topological polar surface area (TPSA) is 81.7 Å². The van der Waals surface area contributed by atoms with E-state index >= 15 is 0 Å². The molecule has 1 amide bonds. The molecule has 0 atom stereocenters. The summed E-state index contributed by atoms with van der Waals surface area (Å²) >= 11 is 0.928. The number of carbonyl (C=O) groups excluding carboxylic acids is 1. The van der Waals surface area contributed by atoms with Crippen molar-refractivity contribution in [2.45, 2.75) is 16.0 Å². The fraction of sp³-hybridized carbons (Fsp3) is 0.150. The average molecular weight is 418 g/mol. The second kappa shape index (κ2) is 8.04. The fourth-order valence-electron chi connectivity index (χ4n) is 2.53. The lowest BCUT2D eigenvalue weighted by molar-refractivity contribution is 0.103. The first-order valence-electron chi connectivity index (χ1n) is 8.30. The Bertz CT molecular complexity index is 1100. The number of anilines is 1. The molecular weight excluding hydrogens is 398 g/mol. The highest BCUT2D eigenvalue weighted by molar-refractivity contribution is 7.93. The molecule has 0 aliphatic rings. The van der Waals surface area contributed by atoms with E-state index < -0.39 is 15.7 Å². The number of aryl methyl sites for hydroxylation is 1. The Morgan fingerprint density at radius 1 is 0.929 bits per heavy atom. The van der Waals surface area contributed by atoms with Gasteiger partial charge in [-0.15, -0.1) is 11.3 Å². The van der Waals surface area contributed by atoms with Gasteiger partial charge >= 0.3 is 0 Å². The number of amides is 1. The van der Waals surface area contributed by atoms with Crippen LogP contribution >= 0.6 is 11.3 Å². The van der Waals surface area contributed by atoms with Gasteiger partial charge in [-0.25, -0.2) is 8.42 Å². The van der Waals surface area contributed by atoms with E-state index in [1.807, 2.05) is 6.92 Å². The van der Waals surface area contributed by atoms with Crippen LogP contribution in [0, 0.1) is 6.92 Å². The molecule has 1 N–H and O–H groups in total. The van der Waals surface area contributed by atoms with Crippen LogP contribution in [0.4, 0.5) is 5.69 Å². The minimum absolute atomic E-state index is 0.119. The van der Waals surface area contributed by atoms with Crippen LogP contribution in [0.25, 0.3) is 0 Å². The summed E-state index contributed by atoms with van der Waals surface area (Å²) in [4.78, 5) is 13.0. The molecule has 3 rings (SSSR count). The molecule has 0 aliphatic carbocycles. The molecule has 3 aromatic rings. The number of hydrogen-bond donors (Lipinski definition) is 1. The van der Waals surface area contributed by atoms with Gasteiger partial charge < -0.3 is 14.8 Å². The molecule has 0 spiro atoms. The molecule has 0 saturated heterocycles. The SMILES string of the molecule is COc1ccc(NC(=O)c2ccc(S(=O)(=O)c3ccc(C)cc3)s2)cc1OC. The van der Waals surface area contributed by atoms with Gasteiger partial charge in [-0.2, -0.15) is 0 Å². The Kier molecular flexibility index (Phi) is 5.71. The fourth-order valence-corrected chi connectivity index (χ4v) is 5.13. The van der Waals surface area contributed by atoms with Crippen LogP contribution in [0.15, 0.2) is 63.7 Å². The summed E-state index contributed by atoms with van der Waals surface area (Å²) < 4.78 is 36.0. The lowest BCUT2D eigenvalue weighted by atomic mass is 10.2. The average Bonchev–Trinajstić information content (AvgIpc) is 3.19. The third-order valence-corrected chi connectivity index (χ3v) is 7.39. The molecule has 0 unspecified atom stereocenters. The van der Waals surface area contributed by atoms with Gasteiger partial charge in [-0.05, 0) is 43.3 Å². The Labute approximate surface area is 167 Å².